The van der Waals surface area contributed by atoms with Gasteiger partial charge in [0.1, 0.15) is 0 Å². The van der Waals surface area contributed by atoms with E-state index < -0.39 is 0 Å². The molecule has 1 unspecified atom stereocenters. The summed E-state index contributed by atoms with van der Waals surface area (Å²) in [5.74, 6) is 2.95. The van der Waals surface area contributed by atoms with E-state index >= 15 is 0 Å². The van der Waals surface area contributed by atoms with Crippen LogP contribution in [0, 0.1) is 18.3 Å². The number of H-pyrrole nitrogens is 1. The van der Waals surface area contributed by atoms with Crippen molar-refractivity contribution in [2.24, 2.45) is 5.92 Å². The second-order valence-electron chi connectivity index (χ2n) is 5.02. The maximum absolute atomic E-state index is 11.8. The van der Waals surface area contributed by atoms with Gasteiger partial charge in [0.05, 0.1) is 0 Å². The minimum absolute atomic E-state index is 0.0915. The molecule has 96 valence electrons. The van der Waals surface area contributed by atoms with Crippen LogP contribution in [0.1, 0.15) is 12.0 Å². The van der Waals surface area contributed by atoms with Gasteiger partial charge in [0.25, 0.3) is 0 Å². The number of rotatable bonds is 3. The minimum Gasteiger partial charge on any atom is -0.361 e. The number of para-hydroxylation sites is 1. The highest BCUT2D eigenvalue weighted by atomic mass is 16.2. The van der Waals surface area contributed by atoms with Crippen molar-refractivity contribution in [1.82, 2.24) is 9.88 Å². The summed E-state index contributed by atoms with van der Waals surface area (Å²) in [6.45, 7) is 1.45. The van der Waals surface area contributed by atoms with Crippen molar-refractivity contribution in [2.45, 2.75) is 12.8 Å². The molecule has 1 aromatic heterocycles. The van der Waals surface area contributed by atoms with E-state index in [0.717, 1.165) is 13.0 Å². The zero-order valence-corrected chi connectivity index (χ0v) is 10.7. The van der Waals surface area contributed by atoms with Crippen molar-refractivity contribution in [3.05, 3.63) is 36.0 Å². The summed E-state index contributed by atoms with van der Waals surface area (Å²) in [5, 5.41) is 1.21. The number of hydrogen-bond donors (Lipinski definition) is 1. The number of amides is 1. The lowest BCUT2D eigenvalue weighted by Gasteiger charge is -2.15. The Labute approximate surface area is 112 Å². The largest absolute Gasteiger partial charge is 0.361 e. The topological polar surface area (TPSA) is 36.1 Å². The number of aromatic nitrogens is 1. The van der Waals surface area contributed by atoms with Crippen LogP contribution >= 0.6 is 0 Å². The molecule has 1 fully saturated rings. The molecule has 1 N–H and O–H groups in total. The first-order chi connectivity index (χ1) is 9.28. The number of likely N-dealkylation sites (tertiary alicyclic amines) is 1. The highest BCUT2D eigenvalue weighted by molar-refractivity contribution is 5.83. The van der Waals surface area contributed by atoms with Crippen LogP contribution in [0.3, 0.4) is 0 Å². The molecule has 0 spiro atoms. The summed E-state index contributed by atoms with van der Waals surface area (Å²) < 4.78 is 0. The molecule has 0 saturated carbocycles. The summed E-state index contributed by atoms with van der Waals surface area (Å²) in [7, 11) is 0. The van der Waals surface area contributed by atoms with Crippen LogP contribution in [0.2, 0.25) is 0 Å². The average molecular weight is 252 g/mol. The van der Waals surface area contributed by atoms with Gasteiger partial charge in [-0.1, -0.05) is 18.2 Å². The maximum Gasteiger partial charge on any atom is 0.223 e. The van der Waals surface area contributed by atoms with Gasteiger partial charge in [0.2, 0.25) is 5.91 Å². The number of benzene rings is 1. The molecular formula is C16H16N2O. The third-order valence-electron chi connectivity index (χ3n) is 3.77. The molecule has 3 heteroatoms. The molecule has 1 saturated heterocycles. The molecule has 3 nitrogen and oxygen atoms in total. The Morgan fingerprint density at radius 2 is 2.32 bits per heavy atom. The molecule has 1 aliphatic heterocycles. The van der Waals surface area contributed by atoms with Crippen molar-refractivity contribution < 1.29 is 4.79 Å². The lowest BCUT2D eigenvalue weighted by Crippen LogP contribution is -2.27. The first-order valence-corrected chi connectivity index (χ1v) is 6.57. The van der Waals surface area contributed by atoms with Gasteiger partial charge in [-0.05, 0) is 23.4 Å². The maximum atomic E-state index is 11.8. The van der Waals surface area contributed by atoms with Crippen LogP contribution in [0.25, 0.3) is 10.9 Å². The Bertz CT molecular complexity index is 650. The first-order valence-electron chi connectivity index (χ1n) is 6.57. The van der Waals surface area contributed by atoms with Crippen molar-refractivity contribution in [2.75, 3.05) is 13.1 Å². The van der Waals surface area contributed by atoms with Crippen LogP contribution in [0.5, 0.6) is 0 Å². The van der Waals surface area contributed by atoms with E-state index in [1.54, 1.807) is 0 Å². The molecule has 2 heterocycles. The number of aromatic amines is 1. The second kappa shape index (κ2) is 4.81. The molecule has 2 aromatic rings. The number of fused-ring (bicyclic) bond motifs is 1. The van der Waals surface area contributed by atoms with Crippen LogP contribution in [-0.4, -0.2) is 28.9 Å². The molecule has 1 amide bonds. The number of hydrogen-bond acceptors (Lipinski definition) is 1. The van der Waals surface area contributed by atoms with E-state index in [2.05, 4.69) is 35.2 Å². The molecule has 1 aliphatic rings. The predicted molar refractivity (Wildman–Crippen MR) is 75.5 cm³/mol. The van der Waals surface area contributed by atoms with E-state index in [0.29, 0.717) is 13.0 Å². The van der Waals surface area contributed by atoms with Gasteiger partial charge in [0, 0.05) is 37.1 Å². The predicted octanol–water partition coefficient (Wildman–Crippen LogP) is 2.19. The quantitative estimate of drug-likeness (QED) is 0.835. The standard InChI is InChI=1S/C16H16N2O/c1-2-12-10-15(19)18(11-12)9-7-14-5-3-4-13-6-8-17-16(13)14/h1,3-6,8,12,17H,7,9-11H2. The number of nitrogens with one attached hydrogen (secondary N) is 1. The van der Waals surface area contributed by atoms with Gasteiger partial charge in [-0.15, -0.1) is 12.3 Å². The minimum atomic E-state index is 0.0915. The fourth-order valence-corrected chi connectivity index (χ4v) is 2.71. The Hall–Kier alpha value is -2.21. The zero-order valence-electron chi connectivity index (χ0n) is 10.7. The average Bonchev–Trinajstić information content (AvgIpc) is 3.02. The highest BCUT2D eigenvalue weighted by Gasteiger charge is 2.27. The van der Waals surface area contributed by atoms with Gasteiger partial charge in [-0.25, -0.2) is 0 Å². The van der Waals surface area contributed by atoms with Crippen molar-refractivity contribution in [3.63, 3.8) is 0 Å². The van der Waals surface area contributed by atoms with Crippen LogP contribution in [0.4, 0.5) is 0 Å². The first kappa shape index (κ1) is 11.9. The molecule has 0 aliphatic carbocycles. The van der Waals surface area contributed by atoms with Crippen molar-refractivity contribution >= 4 is 16.8 Å². The van der Waals surface area contributed by atoms with Crippen LogP contribution in [-0.2, 0) is 11.2 Å². The molecule has 0 radical (unpaired) electrons. The summed E-state index contributed by atoms with van der Waals surface area (Å²) in [6.07, 6.45) is 8.71. The number of carbonyl (C=O) groups excluding carboxylic acids is 1. The fourth-order valence-electron chi connectivity index (χ4n) is 2.71. The smallest absolute Gasteiger partial charge is 0.223 e. The highest BCUT2D eigenvalue weighted by Crippen LogP contribution is 2.20. The lowest BCUT2D eigenvalue weighted by atomic mass is 10.1. The summed E-state index contributed by atoms with van der Waals surface area (Å²) >= 11 is 0. The van der Waals surface area contributed by atoms with Gasteiger partial charge < -0.3 is 9.88 Å². The van der Waals surface area contributed by atoms with E-state index in [4.69, 9.17) is 6.42 Å². The third kappa shape index (κ3) is 2.22. The number of terminal acetylenes is 1. The SMILES string of the molecule is C#CC1CC(=O)N(CCc2cccc3cc[nH]c23)C1. The summed E-state index contributed by atoms with van der Waals surface area (Å²) in [6, 6.07) is 8.32. The second-order valence-corrected chi connectivity index (χ2v) is 5.02. The van der Waals surface area contributed by atoms with E-state index in [1.165, 1.54) is 16.5 Å². The Morgan fingerprint density at radius 1 is 1.42 bits per heavy atom. The molecule has 1 atom stereocenters. The molecule has 0 bridgehead atoms. The summed E-state index contributed by atoms with van der Waals surface area (Å²) in [5.41, 5.74) is 2.42. The van der Waals surface area contributed by atoms with E-state index in [-0.39, 0.29) is 11.8 Å². The van der Waals surface area contributed by atoms with Crippen molar-refractivity contribution in [1.29, 1.82) is 0 Å². The van der Waals surface area contributed by atoms with E-state index in [1.807, 2.05) is 11.1 Å². The van der Waals surface area contributed by atoms with Gasteiger partial charge in [0.15, 0.2) is 0 Å². The van der Waals surface area contributed by atoms with Gasteiger partial charge >= 0.3 is 0 Å². The molecule has 1 aromatic carbocycles. The number of nitrogens with zero attached hydrogens (tertiary/aromatic N) is 1. The van der Waals surface area contributed by atoms with Crippen LogP contribution in [0.15, 0.2) is 30.5 Å². The lowest BCUT2D eigenvalue weighted by molar-refractivity contribution is -0.127. The molecular weight excluding hydrogens is 236 g/mol. The normalized spacial score (nSPS) is 19.0. The monoisotopic (exact) mass is 252 g/mol. The third-order valence-corrected chi connectivity index (χ3v) is 3.77. The molecule has 3 rings (SSSR count). The van der Waals surface area contributed by atoms with E-state index in [9.17, 15) is 4.79 Å². The Morgan fingerprint density at radius 3 is 3.11 bits per heavy atom. The van der Waals surface area contributed by atoms with Gasteiger partial charge in [-0.3, -0.25) is 4.79 Å². The Balaban J connectivity index is 1.72. The Kier molecular flexibility index (Phi) is 3.00. The molecule has 19 heavy (non-hydrogen) atoms. The van der Waals surface area contributed by atoms with Gasteiger partial charge in [-0.2, -0.15) is 0 Å². The summed E-state index contributed by atoms with van der Waals surface area (Å²) in [4.78, 5) is 16.9. The van der Waals surface area contributed by atoms with Crippen LogP contribution < -0.4 is 0 Å². The zero-order chi connectivity index (χ0) is 13.2. The fraction of sp³-hybridized carbons (Fsp3) is 0.312. The van der Waals surface area contributed by atoms with Crippen molar-refractivity contribution in [3.8, 4) is 12.3 Å². The number of carbonyl (C=O) groups is 1.